The van der Waals surface area contributed by atoms with Gasteiger partial charge < -0.3 is 10.1 Å². The highest BCUT2D eigenvalue weighted by molar-refractivity contribution is 5.55. The van der Waals surface area contributed by atoms with Gasteiger partial charge in [0.15, 0.2) is 5.82 Å². The summed E-state index contributed by atoms with van der Waals surface area (Å²) in [6.45, 7) is 7.28. The molecule has 1 aromatic heterocycles. The Bertz CT molecular complexity index is 486. The van der Waals surface area contributed by atoms with Crippen molar-refractivity contribution < 1.29 is 4.74 Å². The zero-order chi connectivity index (χ0) is 13.2. The van der Waals surface area contributed by atoms with Crippen molar-refractivity contribution >= 4 is 5.82 Å². The zero-order valence-electron chi connectivity index (χ0n) is 11.1. The SMILES string of the molecule is Cc1nnc(NCC2(C)CCCO2)c(C#N)c1C. The van der Waals surface area contributed by atoms with Crippen molar-refractivity contribution in [2.75, 3.05) is 18.5 Å². The minimum Gasteiger partial charge on any atom is -0.373 e. The summed E-state index contributed by atoms with van der Waals surface area (Å²) in [5.74, 6) is 0.553. The van der Waals surface area contributed by atoms with Crippen LogP contribution in [0.4, 0.5) is 5.82 Å². The Morgan fingerprint density at radius 1 is 1.44 bits per heavy atom. The molecule has 1 atom stereocenters. The smallest absolute Gasteiger partial charge is 0.167 e. The van der Waals surface area contributed by atoms with Gasteiger partial charge in [-0.2, -0.15) is 10.4 Å². The molecule has 96 valence electrons. The summed E-state index contributed by atoms with van der Waals surface area (Å²) < 4.78 is 5.70. The summed E-state index contributed by atoms with van der Waals surface area (Å²) in [6.07, 6.45) is 2.11. The quantitative estimate of drug-likeness (QED) is 0.882. The van der Waals surface area contributed by atoms with E-state index < -0.39 is 0 Å². The number of aromatic nitrogens is 2. The molecule has 2 rings (SSSR count). The predicted octanol–water partition coefficient (Wildman–Crippen LogP) is 1.95. The van der Waals surface area contributed by atoms with Crippen molar-refractivity contribution in [3.8, 4) is 6.07 Å². The molecule has 2 heterocycles. The lowest BCUT2D eigenvalue weighted by molar-refractivity contribution is 0.0314. The molecule has 1 N–H and O–H groups in total. The van der Waals surface area contributed by atoms with E-state index in [-0.39, 0.29) is 5.60 Å². The predicted molar refractivity (Wildman–Crippen MR) is 68.3 cm³/mol. The second-order valence-electron chi connectivity index (χ2n) is 5.00. The van der Waals surface area contributed by atoms with E-state index in [4.69, 9.17) is 4.74 Å². The van der Waals surface area contributed by atoms with Crippen molar-refractivity contribution in [1.29, 1.82) is 5.26 Å². The second kappa shape index (κ2) is 4.91. The number of aryl methyl sites for hydroxylation is 1. The minimum atomic E-state index is -0.160. The molecule has 1 saturated heterocycles. The molecule has 0 saturated carbocycles. The number of ether oxygens (including phenoxy) is 1. The van der Waals surface area contributed by atoms with E-state index in [0.717, 1.165) is 30.7 Å². The molecule has 0 radical (unpaired) electrons. The lowest BCUT2D eigenvalue weighted by Crippen LogP contribution is -2.33. The third-order valence-electron chi connectivity index (χ3n) is 3.50. The van der Waals surface area contributed by atoms with E-state index in [1.807, 2.05) is 13.8 Å². The second-order valence-corrected chi connectivity index (χ2v) is 5.00. The number of nitriles is 1. The Kier molecular flexibility index (Phi) is 3.48. The topological polar surface area (TPSA) is 70.8 Å². The largest absolute Gasteiger partial charge is 0.373 e. The van der Waals surface area contributed by atoms with Crippen LogP contribution in [-0.4, -0.2) is 29.0 Å². The molecule has 0 aliphatic carbocycles. The maximum atomic E-state index is 9.19. The average Bonchev–Trinajstić information content (AvgIpc) is 2.78. The molecule has 18 heavy (non-hydrogen) atoms. The molecule has 1 aliphatic heterocycles. The summed E-state index contributed by atoms with van der Waals surface area (Å²) in [5, 5.41) is 20.5. The van der Waals surface area contributed by atoms with Crippen LogP contribution in [0.15, 0.2) is 0 Å². The molecule has 0 bridgehead atoms. The third-order valence-corrected chi connectivity index (χ3v) is 3.50. The van der Waals surface area contributed by atoms with E-state index in [1.165, 1.54) is 0 Å². The lowest BCUT2D eigenvalue weighted by atomic mass is 10.0. The van der Waals surface area contributed by atoms with Crippen LogP contribution in [-0.2, 0) is 4.74 Å². The Morgan fingerprint density at radius 2 is 2.22 bits per heavy atom. The molecule has 1 fully saturated rings. The normalized spacial score (nSPS) is 22.8. The molecule has 5 nitrogen and oxygen atoms in total. The van der Waals surface area contributed by atoms with Crippen LogP contribution in [0, 0.1) is 25.2 Å². The summed E-state index contributed by atoms with van der Waals surface area (Å²) in [5.41, 5.74) is 2.09. The van der Waals surface area contributed by atoms with Gasteiger partial charge in [0.25, 0.3) is 0 Å². The number of rotatable bonds is 3. The highest BCUT2D eigenvalue weighted by Gasteiger charge is 2.29. The van der Waals surface area contributed by atoms with E-state index in [0.29, 0.717) is 17.9 Å². The van der Waals surface area contributed by atoms with Gasteiger partial charge in [-0.25, -0.2) is 0 Å². The fourth-order valence-electron chi connectivity index (χ4n) is 2.12. The molecule has 1 unspecified atom stereocenters. The molecule has 0 amide bonds. The third kappa shape index (κ3) is 2.44. The van der Waals surface area contributed by atoms with E-state index in [2.05, 4.69) is 28.5 Å². The maximum Gasteiger partial charge on any atom is 0.167 e. The van der Waals surface area contributed by atoms with Gasteiger partial charge in [0.1, 0.15) is 11.6 Å². The van der Waals surface area contributed by atoms with Crippen LogP contribution in [0.5, 0.6) is 0 Å². The standard InChI is InChI=1S/C13H18N4O/c1-9-10(2)16-17-12(11(9)7-14)15-8-13(3)5-4-6-18-13/h4-6,8H2,1-3H3,(H,15,17). The molecule has 1 aliphatic rings. The highest BCUT2D eigenvalue weighted by Crippen LogP contribution is 2.26. The lowest BCUT2D eigenvalue weighted by Gasteiger charge is -2.24. The van der Waals surface area contributed by atoms with Crippen molar-refractivity contribution in [3.05, 3.63) is 16.8 Å². The Morgan fingerprint density at radius 3 is 2.83 bits per heavy atom. The van der Waals surface area contributed by atoms with Crippen LogP contribution in [0.1, 0.15) is 36.6 Å². The fourth-order valence-corrected chi connectivity index (χ4v) is 2.12. The minimum absolute atomic E-state index is 0.160. The van der Waals surface area contributed by atoms with Gasteiger partial charge in [0, 0.05) is 13.2 Å². The number of anilines is 1. The Hall–Kier alpha value is -1.67. The first-order valence-electron chi connectivity index (χ1n) is 6.17. The average molecular weight is 246 g/mol. The van der Waals surface area contributed by atoms with Crippen LogP contribution in [0.3, 0.4) is 0 Å². The van der Waals surface area contributed by atoms with Crippen molar-refractivity contribution in [3.63, 3.8) is 0 Å². The highest BCUT2D eigenvalue weighted by atomic mass is 16.5. The Labute approximate surface area is 107 Å². The van der Waals surface area contributed by atoms with Gasteiger partial charge in [-0.3, -0.25) is 0 Å². The number of hydrogen-bond acceptors (Lipinski definition) is 5. The zero-order valence-corrected chi connectivity index (χ0v) is 11.1. The first-order valence-corrected chi connectivity index (χ1v) is 6.17. The van der Waals surface area contributed by atoms with Gasteiger partial charge in [-0.1, -0.05) is 0 Å². The van der Waals surface area contributed by atoms with E-state index in [1.54, 1.807) is 0 Å². The van der Waals surface area contributed by atoms with Crippen molar-refractivity contribution in [2.24, 2.45) is 0 Å². The van der Waals surface area contributed by atoms with Gasteiger partial charge in [0.2, 0.25) is 0 Å². The van der Waals surface area contributed by atoms with Crippen molar-refractivity contribution in [2.45, 2.75) is 39.2 Å². The first-order chi connectivity index (χ1) is 8.56. The van der Waals surface area contributed by atoms with Crippen LogP contribution in [0.25, 0.3) is 0 Å². The maximum absolute atomic E-state index is 9.19. The summed E-state index contributed by atoms with van der Waals surface area (Å²) >= 11 is 0. The van der Waals surface area contributed by atoms with Crippen LogP contribution < -0.4 is 5.32 Å². The summed E-state index contributed by atoms with van der Waals surface area (Å²) in [4.78, 5) is 0. The first kappa shape index (κ1) is 12.8. The van der Waals surface area contributed by atoms with Gasteiger partial charge in [-0.05, 0) is 39.2 Å². The van der Waals surface area contributed by atoms with Crippen LogP contribution >= 0.6 is 0 Å². The van der Waals surface area contributed by atoms with E-state index >= 15 is 0 Å². The van der Waals surface area contributed by atoms with Crippen LogP contribution in [0.2, 0.25) is 0 Å². The molecular weight excluding hydrogens is 228 g/mol. The van der Waals surface area contributed by atoms with Crippen molar-refractivity contribution in [1.82, 2.24) is 10.2 Å². The van der Waals surface area contributed by atoms with Gasteiger partial charge in [0.05, 0.1) is 11.3 Å². The molecule has 0 spiro atoms. The monoisotopic (exact) mass is 246 g/mol. The Balaban J connectivity index is 2.15. The summed E-state index contributed by atoms with van der Waals surface area (Å²) in [6, 6.07) is 2.19. The fraction of sp³-hybridized carbons (Fsp3) is 0.615. The molecule has 1 aromatic rings. The number of hydrogen-bond donors (Lipinski definition) is 1. The molecular formula is C13H18N4O. The number of nitrogens with zero attached hydrogens (tertiary/aromatic N) is 3. The summed E-state index contributed by atoms with van der Waals surface area (Å²) in [7, 11) is 0. The van der Waals surface area contributed by atoms with Gasteiger partial charge in [-0.15, -0.1) is 5.10 Å². The van der Waals surface area contributed by atoms with Gasteiger partial charge >= 0.3 is 0 Å². The molecule has 5 heteroatoms. The van der Waals surface area contributed by atoms with E-state index in [9.17, 15) is 5.26 Å². The number of nitrogens with one attached hydrogen (secondary N) is 1. The molecule has 0 aromatic carbocycles.